The minimum absolute atomic E-state index is 0.0622. The number of hydrogen-bond acceptors (Lipinski definition) is 3. The number of para-hydroxylation sites is 1. The zero-order valence-electron chi connectivity index (χ0n) is 11.8. The van der Waals surface area contributed by atoms with Gasteiger partial charge in [0.2, 0.25) is 0 Å². The molecule has 0 bridgehead atoms. The molecule has 0 spiro atoms. The van der Waals surface area contributed by atoms with Crippen LogP contribution in [0.3, 0.4) is 0 Å². The molecule has 1 saturated heterocycles. The highest BCUT2D eigenvalue weighted by Crippen LogP contribution is 2.24. The van der Waals surface area contributed by atoms with E-state index in [1.54, 1.807) is 36.1 Å². The Labute approximate surface area is 123 Å². The highest BCUT2D eigenvalue weighted by atomic mass is 16.5. The van der Waals surface area contributed by atoms with Crippen LogP contribution in [0, 0.1) is 0 Å². The van der Waals surface area contributed by atoms with Gasteiger partial charge < -0.3 is 14.7 Å². The van der Waals surface area contributed by atoms with Crippen molar-refractivity contribution in [1.29, 1.82) is 0 Å². The number of amides is 1. The smallest absolute Gasteiger partial charge is 0.254 e. The number of nitrogens with zero attached hydrogens (tertiary/aromatic N) is 1. The van der Waals surface area contributed by atoms with Gasteiger partial charge in [-0.05, 0) is 43.3 Å². The molecule has 108 valence electrons. The second-order valence-corrected chi connectivity index (χ2v) is 5.60. The van der Waals surface area contributed by atoms with Gasteiger partial charge in [0.25, 0.3) is 5.91 Å². The molecular weight excluding hydrogens is 266 g/mol. The van der Waals surface area contributed by atoms with Crippen LogP contribution in [0.25, 0.3) is 0 Å². The van der Waals surface area contributed by atoms with Crippen molar-refractivity contribution < 1.29 is 14.6 Å². The summed E-state index contributed by atoms with van der Waals surface area (Å²) in [6, 6.07) is 16.5. The van der Waals surface area contributed by atoms with Crippen molar-refractivity contribution in [3.8, 4) is 11.5 Å². The molecule has 1 fully saturated rings. The molecule has 0 radical (unpaired) electrons. The molecule has 0 aliphatic carbocycles. The summed E-state index contributed by atoms with van der Waals surface area (Å²) < 4.78 is 5.68. The van der Waals surface area contributed by atoms with Crippen molar-refractivity contribution >= 4 is 5.91 Å². The Bertz CT molecular complexity index is 627. The molecule has 1 aliphatic rings. The Kier molecular flexibility index (Phi) is 3.39. The fourth-order valence-corrected chi connectivity index (χ4v) is 2.39. The molecule has 1 aliphatic heterocycles. The van der Waals surface area contributed by atoms with Gasteiger partial charge in [0.15, 0.2) is 0 Å². The van der Waals surface area contributed by atoms with Crippen LogP contribution in [0.2, 0.25) is 0 Å². The summed E-state index contributed by atoms with van der Waals surface area (Å²) in [7, 11) is 0. The first-order chi connectivity index (χ1) is 10.0. The molecule has 1 heterocycles. The number of β-amino-alcohol motifs (C(OH)–C–C–N with tert-alkyl or cyclic N) is 1. The van der Waals surface area contributed by atoms with E-state index < -0.39 is 5.60 Å². The van der Waals surface area contributed by atoms with Crippen molar-refractivity contribution in [3.63, 3.8) is 0 Å². The second kappa shape index (κ2) is 5.22. The molecule has 4 nitrogen and oxygen atoms in total. The molecular formula is C17H17NO3. The van der Waals surface area contributed by atoms with Gasteiger partial charge in [-0.2, -0.15) is 0 Å². The quantitative estimate of drug-likeness (QED) is 0.942. The highest BCUT2D eigenvalue weighted by molar-refractivity contribution is 5.95. The lowest BCUT2D eigenvalue weighted by atomic mass is 9.96. The first-order valence-electron chi connectivity index (χ1n) is 6.88. The van der Waals surface area contributed by atoms with Gasteiger partial charge >= 0.3 is 0 Å². The maximum absolute atomic E-state index is 12.2. The Morgan fingerprint density at radius 2 is 1.62 bits per heavy atom. The van der Waals surface area contributed by atoms with E-state index in [4.69, 9.17) is 4.74 Å². The van der Waals surface area contributed by atoms with E-state index in [0.717, 1.165) is 5.75 Å². The molecule has 0 aromatic heterocycles. The van der Waals surface area contributed by atoms with E-state index in [-0.39, 0.29) is 5.91 Å². The third kappa shape index (κ3) is 3.06. The fraction of sp³-hybridized carbons (Fsp3) is 0.235. The lowest BCUT2D eigenvalue weighted by Crippen LogP contribution is -2.61. The Hall–Kier alpha value is -2.33. The zero-order chi connectivity index (χ0) is 14.9. The normalized spacial score (nSPS) is 16.2. The van der Waals surface area contributed by atoms with Gasteiger partial charge in [-0.25, -0.2) is 0 Å². The van der Waals surface area contributed by atoms with Crippen molar-refractivity contribution in [1.82, 2.24) is 4.90 Å². The third-order valence-corrected chi connectivity index (χ3v) is 3.43. The summed E-state index contributed by atoms with van der Waals surface area (Å²) in [5.74, 6) is 1.39. The number of rotatable bonds is 3. The van der Waals surface area contributed by atoms with Gasteiger partial charge in [0.05, 0.1) is 18.7 Å². The standard InChI is InChI=1S/C17H17NO3/c1-17(20)11-18(12-17)16(19)13-7-9-15(10-8-13)21-14-5-3-2-4-6-14/h2-10,20H,11-12H2,1H3. The average molecular weight is 283 g/mol. The number of carbonyl (C=O) groups is 1. The molecule has 1 amide bonds. The van der Waals surface area contributed by atoms with Gasteiger partial charge in [0.1, 0.15) is 11.5 Å². The van der Waals surface area contributed by atoms with E-state index in [0.29, 0.717) is 24.4 Å². The molecule has 2 aromatic carbocycles. The maximum Gasteiger partial charge on any atom is 0.254 e. The second-order valence-electron chi connectivity index (χ2n) is 5.60. The van der Waals surface area contributed by atoms with Crippen LogP contribution in [-0.2, 0) is 0 Å². The van der Waals surface area contributed by atoms with Crippen molar-refractivity contribution in [2.75, 3.05) is 13.1 Å². The lowest BCUT2D eigenvalue weighted by Gasteiger charge is -2.44. The summed E-state index contributed by atoms with van der Waals surface area (Å²) in [4.78, 5) is 13.8. The van der Waals surface area contributed by atoms with Crippen molar-refractivity contribution in [2.24, 2.45) is 0 Å². The van der Waals surface area contributed by atoms with Crippen LogP contribution in [0.4, 0.5) is 0 Å². The Morgan fingerprint density at radius 3 is 2.19 bits per heavy atom. The van der Waals surface area contributed by atoms with Gasteiger partial charge in [-0.3, -0.25) is 4.79 Å². The predicted molar refractivity (Wildman–Crippen MR) is 79.5 cm³/mol. The summed E-state index contributed by atoms with van der Waals surface area (Å²) in [6.07, 6.45) is 0. The van der Waals surface area contributed by atoms with Crippen LogP contribution in [0.5, 0.6) is 11.5 Å². The largest absolute Gasteiger partial charge is 0.457 e. The fourth-order valence-electron chi connectivity index (χ4n) is 2.39. The monoisotopic (exact) mass is 283 g/mol. The van der Waals surface area contributed by atoms with Crippen LogP contribution in [0.15, 0.2) is 54.6 Å². The molecule has 0 saturated carbocycles. The molecule has 0 atom stereocenters. The van der Waals surface area contributed by atoms with Gasteiger partial charge in [-0.1, -0.05) is 18.2 Å². The molecule has 21 heavy (non-hydrogen) atoms. The van der Waals surface area contributed by atoms with E-state index >= 15 is 0 Å². The molecule has 4 heteroatoms. The molecule has 1 N–H and O–H groups in total. The Morgan fingerprint density at radius 1 is 1.05 bits per heavy atom. The summed E-state index contributed by atoms with van der Waals surface area (Å²) in [5, 5.41) is 9.67. The number of likely N-dealkylation sites (tertiary alicyclic amines) is 1. The van der Waals surface area contributed by atoms with E-state index in [9.17, 15) is 9.90 Å². The summed E-state index contributed by atoms with van der Waals surface area (Å²) in [5.41, 5.74) is -0.141. The van der Waals surface area contributed by atoms with E-state index in [1.165, 1.54) is 0 Å². The summed E-state index contributed by atoms with van der Waals surface area (Å²) >= 11 is 0. The first-order valence-corrected chi connectivity index (χ1v) is 6.88. The zero-order valence-corrected chi connectivity index (χ0v) is 11.8. The van der Waals surface area contributed by atoms with Gasteiger partial charge in [-0.15, -0.1) is 0 Å². The highest BCUT2D eigenvalue weighted by Gasteiger charge is 2.39. The topological polar surface area (TPSA) is 49.8 Å². The van der Waals surface area contributed by atoms with Crippen molar-refractivity contribution in [2.45, 2.75) is 12.5 Å². The minimum atomic E-state index is -0.744. The van der Waals surface area contributed by atoms with E-state index in [1.807, 2.05) is 30.3 Å². The van der Waals surface area contributed by atoms with Gasteiger partial charge in [0, 0.05) is 5.56 Å². The number of ether oxygens (including phenoxy) is 1. The predicted octanol–water partition coefficient (Wildman–Crippen LogP) is 2.69. The number of carbonyl (C=O) groups excluding carboxylic acids is 1. The maximum atomic E-state index is 12.2. The minimum Gasteiger partial charge on any atom is -0.457 e. The number of hydrogen-bond donors (Lipinski definition) is 1. The third-order valence-electron chi connectivity index (χ3n) is 3.43. The molecule has 3 rings (SSSR count). The van der Waals surface area contributed by atoms with Crippen LogP contribution < -0.4 is 4.74 Å². The number of aliphatic hydroxyl groups is 1. The first kappa shape index (κ1) is 13.6. The SMILES string of the molecule is CC1(O)CN(C(=O)c2ccc(Oc3ccccc3)cc2)C1. The van der Waals surface area contributed by atoms with Crippen LogP contribution in [-0.4, -0.2) is 34.6 Å². The molecule has 0 unspecified atom stereocenters. The lowest BCUT2D eigenvalue weighted by molar-refractivity contribution is -0.0668. The number of benzene rings is 2. The average Bonchev–Trinajstić information content (AvgIpc) is 2.46. The van der Waals surface area contributed by atoms with E-state index in [2.05, 4.69) is 0 Å². The Balaban J connectivity index is 1.66. The van der Waals surface area contributed by atoms with Crippen molar-refractivity contribution in [3.05, 3.63) is 60.2 Å². The van der Waals surface area contributed by atoms with Crippen LogP contribution >= 0.6 is 0 Å². The summed E-state index contributed by atoms with van der Waals surface area (Å²) in [6.45, 7) is 2.50. The van der Waals surface area contributed by atoms with Crippen LogP contribution in [0.1, 0.15) is 17.3 Å². The molecule has 2 aromatic rings.